The molecule has 0 saturated heterocycles. The van der Waals surface area contributed by atoms with E-state index in [0.717, 1.165) is 28.0 Å². The summed E-state index contributed by atoms with van der Waals surface area (Å²) in [6.07, 6.45) is 4.16. The minimum Gasteiger partial charge on any atom is -0.355 e. The molecule has 36 heavy (non-hydrogen) atoms. The van der Waals surface area contributed by atoms with Crippen LogP contribution in [0.1, 0.15) is 11.1 Å². The first-order chi connectivity index (χ1) is 16.9. The summed E-state index contributed by atoms with van der Waals surface area (Å²) in [7, 11) is -5.84. The van der Waals surface area contributed by atoms with E-state index >= 15 is 0 Å². The zero-order valence-corrected chi connectivity index (χ0v) is 19.1. The smallest absolute Gasteiger partial charge is 0.355 e. The molecule has 190 valence electrons. The highest BCUT2D eigenvalue weighted by molar-refractivity contribution is 7.87. The first-order valence-electron chi connectivity index (χ1n) is 10.3. The molecule has 0 radical (unpaired) electrons. The van der Waals surface area contributed by atoms with E-state index in [1.165, 1.54) is 24.5 Å². The Bertz CT molecular complexity index is 1440. The minimum atomic E-state index is -5.84. The average Bonchev–Trinajstić information content (AvgIpc) is 2.81. The summed E-state index contributed by atoms with van der Waals surface area (Å²) < 4.78 is 77.6. The van der Waals surface area contributed by atoms with Crippen LogP contribution in [0.4, 0.5) is 23.5 Å². The van der Waals surface area contributed by atoms with Gasteiger partial charge in [-0.05, 0) is 28.8 Å². The molecule has 4 rings (SSSR count). The van der Waals surface area contributed by atoms with Crippen LogP contribution in [0.3, 0.4) is 0 Å². The fraction of sp³-hybridized carbons (Fsp3) is 0.238. The fourth-order valence-corrected chi connectivity index (χ4v) is 3.85. The molecule has 1 unspecified atom stereocenters. The molecule has 1 aliphatic rings. The maximum absolute atomic E-state index is 13.2. The van der Waals surface area contributed by atoms with Crippen LogP contribution >= 0.6 is 0 Å². The van der Waals surface area contributed by atoms with E-state index in [0.29, 0.717) is 18.7 Å². The van der Waals surface area contributed by atoms with Crippen LogP contribution in [0.5, 0.6) is 5.88 Å². The van der Waals surface area contributed by atoms with Crippen molar-refractivity contribution in [2.45, 2.75) is 18.1 Å². The number of pyridine rings is 1. The van der Waals surface area contributed by atoms with Crippen molar-refractivity contribution in [2.24, 2.45) is 5.73 Å². The van der Waals surface area contributed by atoms with Crippen LogP contribution < -0.4 is 20.5 Å². The molecule has 0 spiro atoms. The lowest BCUT2D eigenvalue weighted by Gasteiger charge is -2.31. The van der Waals surface area contributed by atoms with Crippen LogP contribution in [-0.2, 0) is 16.7 Å². The Balaban J connectivity index is 1.44. The molecule has 3 aromatic rings. The molecule has 3 heterocycles. The Labute approximate surface area is 201 Å². The topological polar surface area (TPSA) is 133 Å². The van der Waals surface area contributed by atoms with E-state index in [-0.39, 0.29) is 18.3 Å². The molecule has 0 saturated carbocycles. The molecule has 0 fully saturated rings. The highest BCUT2D eigenvalue weighted by atomic mass is 32.2. The number of hydrogen-bond donors (Lipinski definition) is 1. The summed E-state index contributed by atoms with van der Waals surface area (Å²) in [5.41, 5.74) is 2.01. The summed E-state index contributed by atoms with van der Waals surface area (Å²) in [6.45, 7) is 0.613. The zero-order chi connectivity index (χ0) is 26.1. The number of nitrogens with two attached hydrogens (primary N) is 1. The lowest BCUT2D eigenvalue weighted by molar-refractivity contribution is -0.0501. The minimum absolute atomic E-state index is 0.0768. The normalized spacial score (nSPS) is 16.5. The molecular weight excluding hydrogens is 508 g/mol. The first kappa shape index (κ1) is 25.2. The summed E-state index contributed by atoms with van der Waals surface area (Å²) in [5.74, 6) is -0.973. The third-order valence-corrected chi connectivity index (χ3v) is 6.15. The van der Waals surface area contributed by atoms with Crippen molar-refractivity contribution in [1.29, 1.82) is 0 Å². The lowest BCUT2D eigenvalue weighted by atomic mass is 9.95. The maximum Gasteiger partial charge on any atom is 0.534 e. The van der Waals surface area contributed by atoms with E-state index in [1.54, 1.807) is 17.0 Å². The second-order valence-electron chi connectivity index (χ2n) is 7.73. The van der Waals surface area contributed by atoms with Gasteiger partial charge in [-0.1, -0.05) is 24.3 Å². The van der Waals surface area contributed by atoms with Gasteiger partial charge in [0.25, 0.3) is 0 Å². The second-order valence-corrected chi connectivity index (χ2v) is 9.27. The number of halogens is 4. The standard InChI is InChI=1S/C21H18F4N6O4S/c22-15-4-2-14(3-5-15)16-7-8-30(11-17(16)26)19-28-12-31(20(32)29-19)10-13-1-6-18(27-9-13)35-36(33,34)21(23,24)25/h1-7,9,12,17H,8,10-11,26H2. The Hall–Kier alpha value is -3.85. The number of alkyl halides is 3. The largest absolute Gasteiger partial charge is 0.534 e. The van der Waals surface area contributed by atoms with Gasteiger partial charge in [0.05, 0.1) is 6.54 Å². The monoisotopic (exact) mass is 526 g/mol. The predicted octanol–water partition coefficient (Wildman–Crippen LogP) is 1.68. The van der Waals surface area contributed by atoms with Gasteiger partial charge >= 0.3 is 21.3 Å². The van der Waals surface area contributed by atoms with Crippen molar-refractivity contribution in [2.75, 3.05) is 18.0 Å². The summed E-state index contributed by atoms with van der Waals surface area (Å²) in [5, 5.41) is 0. The van der Waals surface area contributed by atoms with Crippen molar-refractivity contribution in [3.05, 3.63) is 82.4 Å². The number of hydrogen-bond acceptors (Lipinski definition) is 9. The van der Waals surface area contributed by atoms with E-state index in [4.69, 9.17) is 5.73 Å². The Morgan fingerprint density at radius 2 is 1.83 bits per heavy atom. The van der Waals surface area contributed by atoms with Crippen molar-refractivity contribution >= 4 is 21.6 Å². The van der Waals surface area contributed by atoms with E-state index < -0.39 is 33.2 Å². The molecule has 0 aliphatic carbocycles. The molecule has 15 heteroatoms. The van der Waals surface area contributed by atoms with Gasteiger partial charge in [0.1, 0.15) is 12.1 Å². The quantitative estimate of drug-likeness (QED) is 0.289. The predicted molar refractivity (Wildman–Crippen MR) is 120 cm³/mol. The third kappa shape index (κ3) is 5.52. The van der Waals surface area contributed by atoms with Gasteiger partial charge in [-0.2, -0.15) is 26.6 Å². The number of anilines is 1. The highest BCUT2D eigenvalue weighted by Crippen LogP contribution is 2.26. The van der Waals surface area contributed by atoms with E-state index in [9.17, 15) is 30.8 Å². The van der Waals surface area contributed by atoms with Crippen LogP contribution in [0.15, 0.2) is 59.8 Å². The van der Waals surface area contributed by atoms with Crippen molar-refractivity contribution < 1.29 is 30.2 Å². The van der Waals surface area contributed by atoms with Gasteiger partial charge in [0.15, 0.2) is 0 Å². The summed E-state index contributed by atoms with van der Waals surface area (Å²) in [4.78, 5) is 25.9. The molecule has 2 aromatic heterocycles. The molecule has 1 atom stereocenters. The number of benzene rings is 1. The van der Waals surface area contributed by atoms with Gasteiger partial charge in [0.2, 0.25) is 11.8 Å². The van der Waals surface area contributed by atoms with E-state index in [2.05, 4.69) is 19.1 Å². The van der Waals surface area contributed by atoms with Crippen molar-refractivity contribution in [1.82, 2.24) is 19.5 Å². The molecule has 1 aliphatic heterocycles. The van der Waals surface area contributed by atoms with Crippen LogP contribution in [0.25, 0.3) is 5.57 Å². The maximum atomic E-state index is 13.2. The molecular formula is C21H18F4N6O4S. The Kier molecular flexibility index (Phi) is 6.77. The second kappa shape index (κ2) is 9.66. The first-order valence-corrected chi connectivity index (χ1v) is 11.7. The van der Waals surface area contributed by atoms with Crippen LogP contribution in [0.2, 0.25) is 0 Å². The molecule has 0 amide bonds. The van der Waals surface area contributed by atoms with Crippen molar-refractivity contribution in [3.8, 4) is 5.88 Å². The molecule has 2 N–H and O–H groups in total. The van der Waals surface area contributed by atoms with Gasteiger partial charge in [-0.15, -0.1) is 0 Å². The van der Waals surface area contributed by atoms with Crippen LogP contribution in [0, 0.1) is 5.82 Å². The molecule has 0 bridgehead atoms. The van der Waals surface area contributed by atoms with Gasteiger partial charge < -0.3 is 14.8 Å². The summed E-state index contributed by atoms with van der Waals surface area (Å²) in [6, 6.07) is 7.72. The molecule has 1 aromatic carbocycles. The SMILES string of the molecule is NC1CN(c2ncn(Cc3ccc(OS(=O)(=O)C(F)(F)F)nc3)c(=O)n2)CC=C1c1ccc(F)cc1. The number of rotatable bonds is 6. The molecule has 10 nitrogen and oxygen atoms in total. The van der Waals surface area contributed by atoms with Gasteiger partial charge in [-0.25, -0.2) is 19.2 Å². The number of nitrogens with zero attached hydrogens (tertiary/aromatic N) is 5. The van der Waals surface area contributed by atoms with Crippen LogP contribution in [-0.4, -0.2) is 52.6 Å². The Morgan fingerprint density at radius 3 is 2.42 bits per heavy atom. The van der Waals surface area contributed by atoms with Crippen molar-refractivity contribution in [3.63, 3.8) is 0 Å². The Morgan fingerprint density at radius 1 is 1.11 bits per heavy atom. The van der Waals surface area contributed by atoms with Gasteiger partial charge in [0, 0.05) is 31.4 Å². The fourth-order valence-electron chi connectivity index (χ4n) is 3.43. The highest BCUT2D eigenvalue weighted by Gasteiger charge is 2.48. The summed E-state index contributed by atoms with van der Waals surface area (Å²) >= 11 is 0. The number of aromatic nitrogens is 4. The van der Waals surface area contributed by atoms with Gasteiger partial charge in [-0.3, -0.25) is 4.57 Å². The average molecular weight is 526 g/mol. The third-order valence-electron chi connectivity index (χ3n) is 5.19. The van der Waals surface area contributed by atoms with E-state index in [1.807, 2.05) is 6.08 Å². The lowest BCUT2D eigenvalue weighted by Crippen LogP contribution is -2.44. The zero-order valence-electron chi connectivity index (χ0n) is 18.3.